The highest BCUT2D eigenvalue weighted by atomic mass is 32.2. The van der Waals surface area contributed by atoms with Crippen LogP contribution in [0.25, 0.3) is 0 Å². The summed E-state index contributed by atoms with van der Waals surface area (Å²) in [6.45, 7) is 13.1. The Hall–Kier alpha value is -1.80. The van der Waals surface area contributed by atoms with Gasteiger partial charge in [0.25, 0.3) is 5.91 Å². The van der Waals surface area contributed by atoms with Crippen molar-refractivity contribution in [1.29, 1.82) is 0 Å². The van der Waals surface area contributed by atoms with E-state index in [1.54, 1.807) is 12.1 Å². The number of benzene rings is 1. The van der Waals surface area contributed by atoms with Crippen molar-refractivity contribution in [2.75, 3.05) is 55.1 Å². The van der Waals surface area contributed by atoms with Gasteiger partial charge in [0.1, 0.15) is 0 Å². The minimum atomic E-state index is -3.41. The molecule has 7 nitrogen and oxygen atoms in total. The highest BCUT2D eigenvalue weighted by Gasteiger charge is 2.24. The predicted molar refractivity (Wildman–Crippen MR) is 116 cm³/mol. The molecule has 2 N–H and O–H groups in total. The molecule has 1 heterocycles. The molecule has 0 atom stereocenters. The molecule has 1 aliphatic rings. The monoisotopic (exact) mass is 410 g/mol. The Labute approximate surface area is 169 Å². The zero-order chi connectivity index (χ0) is 20.9. The standard InChI is InChI=1S/C20H34N4O3S/c1-15(2)13-24(14-16(3)4)20(25)18-12-17(22-28(5,26)27)6-7-19(18)23-10-8-21-9-11-23/h6-7,12,15-16,21-22H,8-11,13-14H2,1-5H3. The van der Waals surface area contributed by atoms with Crippen LogP contribution in [0.5, 0.6) is 0 Å². The van der Waals surface area contributed by atoms with Gasteiger partial charge in [-0.25, -0.2) is 8.42 Å². The van der Waals surface area contributed by atoms with E-state index < -0.39 is 10.0 Å². The molecule has 0 aliphatic carbocycles. The van der Waals surface area contributed by atoms with Gasteiger partial charge in [-0.2, -0.15) is 0 Å². The van der Waals surface area contributed by atoms with Crippen LogP contribution in [0.4, 0.5) is 11.4 Å². The predicted octanol–water partition coefficient (Wildman–Crippen LogP) is 2.22. The SMILES string of the molecule is CC(C)CN(CC(C)C)C(=O)c1cc(NS(C)(=O)=O)ccc1N1CCNCC1. The van der Waals surface area contributed by atoms with E-state index in [0.29, 0.717) is 36.2 Å². The molecule has 1 amide bonds. The summed E-state index contributed by atoms with van der Waals surface area (Å²) in [6.07, 6.45) is 1.11. The number of amides is 1. The van der Waals surface area contributed by atoms with Crippen molar-refractivity contribution in [1.82, 2.24) is 10.2 Å². The number of piperazine rings is 1. The summed E-state index contributed by atoms with van der Waals surface area (Å²) in [7, 11) is -3.41. The Morgan fingerprint density at radius 2 is 1.71 bits per heavy atom. The molecule has 0 saturated carbocycles. The second kappa shape index (κ2) is 9.60. The topological polar surface area (TPSA) is 81.8 Å². The van der Waals surface area contributed by atoms with Gasteiger partial charge < -0.3 is 15.1 Å². The third-order valence-corrected chi connectivity index (χ3v) is 5.05. The maximum Gasteiger partial charge on any atom is 0.256 e. The lowest BCUT2D eigenvalue weighted by atomic mass is 10.1. The van der Waals surface area contributed by atoms with E-state index in [0.717, 1.165) is 38.1 Å². The minimum Gasteiger partial charge on any atom is -0.368 e. The average Bonchev–Trinajstić information content (AvgIpc) is 2.59. The van der Waals surface area contributed by atoms with Crippen LogP contribution >= 0.6 is 0 Å². The van der Waals surface area contributed by atoms with Gasteiger partial charge >= 0.3 is 0 Å². The molecule has 0 spiro atoms. The second-order valence-electron chi connectivity index (χ2n) is 8.34. The summed E-state index contributed by atoms with van der Waals surface area (Å²) in [5.41, 5.74) is 1.83. The summed E-state index contributed by atoms with van der Waals surface area (Å²) in [6, 6.07) is 5.26. The van der Waals surface area contributed by atoms with E-state index in [1.807, 2.05) is 11.0 Å². The van der Waals surface area contributed by atoms with Crippen molar-refractivity contribution in [2.24, 2.45) is 11.8 Å². The Kier molecular flexibility index (Phi) is 7.71. The number of hydrogen-bond donors (Lipinski definition) is 2. The van der Waals surface area contributed by atoms with Crippen molar-refractivity contribution in [2.45, 2.75) is 27.7 Å². The molecule has 1 aromatic rings. The molecule has 0 radical (unpaired) electrons. The Balaban J connectivity index is 2.45. The van der Waals surface area contributed by atoms with E-state index in [2.05, 4.69) is 42.6 Å². The largest absolute Gasteiger partial charge is 0.368 e. The first-order valence-electron chi connectivity index (χ1n) is 9.93. The minimum absolute atomic E-state index is 0.0481. The van der Waals surface area contributed by atoms with Crippen LogP contribution in [0.15, 0.2) is 18.2 Å². The lowest BCUT2D eigenvalue weighted by molar-refractivity contribution is 0.0715. The van der Waals surface area contributed by atoms with E-state index in [1.165, 1.54) is 0 Å². The van der Waals surface area contributed by atoms with Gasteiger partial charge in [0.05, 0.1) is 11.8 Å². The summed E-state index contributed by atoms with van der Waals surface area (Å²) in [5.74, 6) is 0.651. The normalized spacial score (nSPS) is 15.2. The average molecular weight is 411 g/mol. The number of anilines is 2. The van der Waals surface area contributed by atoms with Gasteiger partial charge in [-0.15, -0.1) is 0 Å². The lowest BCUT2D eigenvalue weighted by Crippen LogP contribution is -2.45. The van der Waals surface area contributed by atoms with Gasteiger partial charge in [0, 0.05) is 50.6 Å². The molecular weight excluding hydrogens is 376 g/mol. The van der Waals surface area contributed by atoms with Crippen molar-refractivity contribution in [3.63, 3.8) is 0 Å². The molecule has 1 saturated heterocycles. The molecule has 0 aromatic heterocycles. The van der Waals surface area contributed by atoms with Gasteiger partial charge in [-0.05, 0) is 30.0 Å². The number of hydrogen-bond acceptors (Lipinski definition) is 5. The molecule has 0 bridgehead atoms. The summed E-state index contributed by atoms with van der Waals surface area (Å²) < 4.78 is 25.8. The first-order valence-corrected chi connectivity index (χ1v) is 11.8. The van der Waals surface area contributed by atoms with Crippen molar-refractivity contribution >= 4 is 27.3 Å². The fourth-order valence-corrected chi connectivity index (χ4v) is 4.01. The fraction of sp³-hybridized carbons (Fsp3) is 0.650. The maximum absolute atomic E-state index is 13.5. The van der Waals surface area contributed by atoms with E-state index in [-0.39, 0.29) is 5.91 Å². The van der Waals surface area contributed by atoms with Crippen LogP contribution in [0.2, 0.25) is 0 Å². The summed E-state index contributed by atoms with van der Waals surface area (Å²) in [5, 5.41) is 3.32. The Morgan fingerprint density at radius 3 is 2.21 bits per heavy atom. The van der Waals surface area contributed by atoms with Crippen LogP contribution in [0, 0.1) is 11.8 Å². The van der Waals surface area contributed by atoms with Gasteiger partial charge in [-0.3, -0.25) is 9.52 Å². The lowest BCUT2D eigenvalue weighted by Gasteiger charge is -2.33. The van der Waals surface area contributed by atoms with Gasteiger partial charge in [-0.1, -0.05) is 27.7 Å². The molecule has 1 aromatic carbocycles. The highest BCUT2D eigenvalue weighted by molar-refractivity contribution is 7.92. The molecule has 1 fully saturated rings. The van der Waals surface area contributed by atoms with Crippen LogP contribution in [0.3, 0.4) is 0 Å². The molecule has 0 unspecified atom stereocenters. The molecule has 158 valence electrons. The molecule has 1 aliphatic heterocycles. The third kappa shape index (κ3) is 6.67. The number of nitrogens with zero attached hydrogens (tertiary/aromatic N) is 2. The van der Waals surface area contributed by atoms with Gasteiger partial charge in [0.2, 0.25) is 10.0 Å². The van der Waals surface area contributed by atoms with Crippen LogP contribution < -0.4 is 14.9 Å². The quantitative estimate of drug-likeness (QED) is 0.687. The first kappa shape index (κ1) is 22.5. The molecule has 2 rings (SSSR count). The summed E-state index contributed by atoms with van der Waals surface area (Å²) >= 11 is 0. The molecule has 8 heteroatoms. The molecular formula is C20H34N4O3S. The van der Waals surface area contributed by atoms with Crippen LogP contribution in [-0.4, -0.2) is 64.7 Å². The number of nitrogens with one attached hydrogen (secondary N) is 2. The smallest absolute Gasteiger partial charge is 0.256 e. The zero-order valence-corrected chi connectivity index (χ0v) is 18.5. The Morgan fingerprint density at radius 1 is 1.14 bits per heavy atom. The summed E-state index contributed by atoms with van der Waals surface area (Å²) in [4.78, 5) is 17.6. The highest BCUT2D eigenvalue weighted by Crippen LogP contribution is 2.27. The van der Waals surface area contributed by atoms with E-state index in [9.17, 15) is 13.2 Å². The Bertz CT molecular complexity index is 762. The number of sulfonamides is 1. The zero-order valence-electron chi connectivity index (χ0n) is 17.7. The van der Waals surface area contributed by atoms with Gasteiger partial charge in [0.15, 0.2) is 0 Å². The number of carbonyl (C=O) groups is 1. The second-order valence-corrected chi connectivity index (χ2v) is 10.1. The van der Waals surface area contributed by atoms with Crippen molar-refractivity contribution in [3.05, 3.63) is 23.8 Å². The molecule has 28 heavy (non-hydrogen) atoms. The third-order valence-electron chi connectivity index (χ3n) is 4.45. The van der Waals surface area contributed by atoms with E-state index in [4.69, 9.17) is 0 Å². The van der Waals surface area contributed by atoms with Crippen molar-refractivity contribution < 1.29 is 13.2 Å². The van der Waals surface area contributed by atoms with Crippen LogP contribution in [-0.2, 0) is 10.0 Å². The maximum atomic E-state index is 13.5. The van der Waals surface area contributed by atoms with Crippen LogP contribution in [0.1, 0.15) is 38.1 Å². The first-order chi connectivity index (χ1) is 13.1. The number of carbonyl (C=O) groups excluding carboxylic acids is 1. The van der Waals surface area contributed by atoms with Crippen molar-refractivity contribution in [3.8, 4) is 0 Å². The number of rotatable bonds is 8. The fourth-order valence-electron chi connectivity index (χ4n) is 3.46. The van der Waals surface area contributed by atoms with E-state index >= 15 is 0 Å².